The van der Waals surface area contributed by atoms with Gasteiger partial charge in [-0.25, -0.2) is 0 Å². The van der Waals surface area contributed by atoms with Crippen molar-refractivity contribution >= 4 is 17.4 Å². The average molecular weight is 223 g/mol. The largest absolute Gasteiger partial charge is 0.382 e. The van der Waals surface area contributed by atoms with Crippen LogP contribution in [0.2, 0.25) is 0 Å². The lowest BCUT2D eigenvalue weighted by Crippen LogP contribution is -2.35. The summed E-state index contributed by atoms with van der Waals surface area (Å²) in [5.74, 6) is 0.816. The molecule has 6 heteroatoms. The molecule has 0 radical (unpaired) electrons. The van der Waals surface area contributed by atoms with E-state index in [0.717, 1.165) is 31.6 Å². The molecule has 2 rings (SSSR count). The van der Waals surface area contributed by atoms with Crippen molar-refractivity contribution in [2.45, 2.75) is 19.3 Å². The number of H-pyrrole nitrogens is 1. The number of amides is 1. The van der Waals surface area contributed by atoms with E-state index in [9.17, 15) is 4.79 Å². The van der Waals surface area contributed by atoms with Gasteiger partial charge in [0, 0.05) is 19.5 Å². The summed E-state index contributed by atoms with van der Waals surface area (Å²) < 4.78 is 0. The highest BCUT2D eigenvalue weighted by Crippen LogP contribution is 2.27. The number of aromatic nitrogens is 2. The molecular weight excluding hydrogens is 206 g/mol. The highest BCUT2D eigenvalue weighted by atomic mass is 16.1. The number of carbonyl (C=O) groups excluding carboxylic acids is 1. The minimum Gasteiger partial charge on any atom is -0.382 e. The summed E-state index contributed by atoms with van der Waals surface area (Å²) in [7, 11) is 0. The lowest BCUT2D eigenvalue weighted by molar-refractivity contribution is -0.119. The first-order valence-corrected chi connectivity index (χ1v) is 5.49. The number of rotatable bonds is 3. The Kier molecular flexibility index (Phi) is 2.98. The Labute approximate surface area is 94.0 Å². The van der Waals surface area contributed by atoms with Crippen molar-refractivity contribution < 1.29 is 4.79 Å². The zero-order valence-corrected chi connectivity index (χ0v) is 9.15. The second-order valence-corrected chi connectivity index (χ2v) is 4.27. The molecule has 5 N–H and O–H groups in total. The maximum absolute atomic E-state index is 10.8. The van der Waals surface area contributed by atoms with E-state index in [0.29, 0.717) is 18.2 Å². The zero-order valence-electron chi connectivity index (χ0n) is 9.15. The highest BCUT2D eigenvalue weighted by Gasteiger charge is 2.22. The van der Waals surface area contributed by atoms with Gasteiger partial charge in [-0.15, -0.1) is 0 Å². The van der Waals surface area contributed by atoms with Crippen molar-refractivity contribution in [2.75, 3.05) is 23.7 Å². The number of primary amides is 1. The number of aromatic amines is 1. The minimum atomic E-state index is -0.207. The number of anilines is 2. The molecule has 0 spiro atoms. The van der Waals surface area contributed by atoms with Crippen LogP contribution in [0.3, 0.4) is 0 Å². The van der Waals surface area contributed by atoms with Crippen LogP contribution in [0.4, 0.5) is 11.5 Å². The first kappa shape index (κ1) is 10.8. The van der Waals surface area contributed by atoms with Crippen molar-refractivity contribution in [1.29, 1.82) is 0 Å². The van der Waals surface area contributed by atoms with Gasteiger partial charge in [-0.1, -0.05) is 0 Å². The summed E-state index contributed by atoms with van der Waals surface area (Å²) >= 11 is 0. The number of nitrogens with one attached hydrogen (secondary N) is 1. The summed E-state index contributed by atoms with van der Waals surface area (Å²) in [4.78, 5) is 13.0. The second kappa shape index (κ2) is 4.42. The Balaban J connectivity index is 1.90. The fourth-order valence-electron chi connectivity index (χ4n) is 2.20. The number of nitrogens with zero attached hydrogens (tertiary/aromatic N) is 2. The molecular formula is C10H17N5O. The Hall–Kier alpha value is -1.72. The van der Waals surface area contributed by atoms with Gasteiger partial charge in [0.15, 0.2) is 0 Å². The SMILES string of the molecule is NC(=O)CC1CCN(c2cn[nH]c2N)CC1. The van der Waals surface area contributed by atoms with Crippen LogP contribution in [-0.2, 0) is 4.79 Å². The van der Waals surface area contributed by atoms with E-state index in [1.165, 1.54) is 0 Å². The van der Waals surface area contributed by atoms with Crippen molar-refractivity contribution in [2.24, 2.45) is 11.7 Å². The first-order chi connectivity index (χ1) is 7.66. The molecule has 1 fully saturated rings. The molecule has 0 unspecified atom stereocenters. The molecule has 1 aromatic heterocycles. The molecule has 1 saturated heterocycles. The highest BCUT2D eigenvalue weighted by molar-refractivity contribution is 5.74. The second-order valence-electron chi connectivity index (χ2n) is 4.27. The van der Waals surface area contributed by atoms with E-state index in [2.05, 4.69) is 15.1 Å². The maximum Gasteiger partial charge on any atom is 0.217 e. The third-order valence-corrected chi connectivity index (χ3v) is 3.09. The van der Waals surface area contributed by atoms with Gasteiger partial charge in [0.2, 0.25) is 5.91 Å². The lowest BCUT2D eigenvalue weighted by Gasteiger charge is -2.32. The van der Waals surface area contributed by atoms with Gasteiger partial charge in [-0.05, 0) is 18.8 Å². The van der Waals surface area contributed by atoms with E-state index in [4.69, 9.17) is 11.5 Å². The zero-order chi connectivity index (χ0) is 11.5. The van der Waals surface area contributed by atoms with Crippen LogP contribution in [0.15, 0.2) is 6.20 Å². The molecule has 0 atom stereocenters. The summed E-state index contributed by atoms with van der Waals surface area (Å²) in [5, 5.41) is 6.62. The van der Waals surface area contributed by atoms with Gasteiger partial charge in [-0.3, -0.25) is 9.89 Å². The van der Waals surface area contributed by atoms with Crippen molar-refractivity contribution in [3.8, 4) is 0 Å². The number of nitrogen functional groups attached to an aromatic ring is 1. The van der Waals surface area contributed by atoms with Gasteiger partial charge in [-0.2, -0.15) is 5.10 Å². The van der Waals surface area contributed by atoms with E-state index < -0.39 is 0 Å². The van der Waals surface area contributed by atoms with Crippen molar-refractivity contribution in [1.82, 2.24) is 10.2 Å². The van der Waals surface area contributed by atoms with Crippen LogP contribution >= 0.6 is 0 Å². The van der Waals surface area contributed by atoms with Crippen molar-refractivity contribution in [3.63, 3.8) is 0 Å². The molecule has 88 valence electrons. The predicted molar refractivity (Wildman–Crippen MR) is 61.7 cm³/mol. The molecule has 16 heavy (non-hydrogen) atoms. The fraction of sp³-hybridized carbons (Fsp3) is 0.600. The lowest BCUT2D eigenvalue weighted by atomic mass is 9.93. The monoisotopic (exact) mass is 223 g/mol. The molecule has 1 aliphatic rings. The van der Waals surface area contributed by atoms with E-state index >= 15 is 0 Å². The van der Waals surface area contributed by atoms with Gasteiger partial charge in [0.25, 0.3) is 0 Å². The summed E-state index contributed by atoms with van der Waals surface area (Å²) in [6, 6.07) is 0. The Morgan fingerprint density at radius 3 is 2.75 bits per heavy atom. The summed E-state index contributed by atoms with van der Waals surface area (Å²) in [5.41, 5.74) is 11.9. The third kappa shape index (κ3) is 2.26. The molecule has 0 aromatic carbocycles. The molecule has 0 saturated carbocycles. The van der Waals surface area contributed by atoms with Gasteiger partial charge < -0.3 is 16.4 Å². The van der Waals surface area contributed by atoms with Gasteiger partial charge in [0.05, 0.1) is 11.9 Å². The quantitative estimate of drug-likeness (QED) is 0.675. The Bertz CT molecular complexity index is 367. The van der Waals surface area contributed by atoms with Crippen LogP contribution in [0.1, 0.15) is 19.3 Å². The smallest absolute Gasteiger partial charge is 0.217 e. The number of nitrogens with two attached hydrogens (primary N) is 2. The topological polar surface area (TPSA) is 101 Å². The van der Waals surface area contributed by atoms with Crippen LogP contribution in [0.25, 0.3) is 0 Å². The van der Waals surface area contributed by atoms with Crippen LogP contribution in [0.5, 0.6) is 0 Å². The number of carbonyl (C=O) groups is 1. The normalized spacial score (nSPS) is 17.6. The molecule has 0 bridgehead atoms. The first-order valence-electron chi connectivity index (χ1n) is 5.49. The van der Waals surface area contributed by atoms with E-state index in [-0.39, 0.29) is 5.91 Å². The van der Waals surface area contributed by atoms with E-state index in [1.807, 2.05) is 0 Å². The predicted octanol–water partition coefficient (Wildman–Crippen LogP) is 0.0837. The Morgan fingerprint density at radius 1 is 1.56 bits per heavy atom. The molecule has 6 nitrogen and oxygen atoms in total. The summed E-state index contributed by atoms with van der Waals surface area (Å²) in [6.45, 7) is 1.81. The molecule has 1 aliphatic heterocycles. The Morgan fingerprint density at radius 2 is 2.25 bits per heavy atom. The maximum atomic E-state index is 10.8. The molecule has 0 aliphatic carbocycles. The average Bonchev–Trinajstić information content (AvgIpc) is 2.65. The number of hydrogen-bond acceptors (Lipinski definition) is 4. The standard InChI is InChI=1S/C10H17N5O/c11-9(16)5-7-1-3-15(4-2-7)8-6-13-14-10(8)12/h6-7H,1-5H2,(H2,11,16)(H3,12,13,14). The van der Waals surface area contributed by atoms with Gasteiger partial charge >= 0.3 is 0 Å². The van der Waals surface area contributed by atoms with E-state index in [1.54, 1.807) is 6.20 Å². The summed E-state index contributed by atoms with van der Waals surface area (Å²) in [6.07, 6.45) is 4.19. The number of hydrogen-bond donors (Lipinski definition) is 3. The molecule has 1 aromatic rings. The minimum absolute atomic E-state index is 0.207. The van der Waals surface area contributed by atoms with Crippen LogP contribution in [-0.4, -0.2) is 29.2 Å². The fourth-order valence-corrected chi connectivity index (χ4v) is 2.20. The molecule has 2 heterocycles. The van der Waals surface area contributed by atoms with Crippen LogP contribution in [0, 0.1) is 5.92 Å². The van der Waals surface area contributed by atoms with Crippen molar-refractivity contribution in [3.05, 3.63) is 6.20 Å². The number of piperidine rings is 1. The third-order valence-electron chi connectivity index (χ3n) is 3.09. The van der Waals surface area contributed by atoms with Crippen LogP contribution < -0.4 is 16.4 Å². The van der Waals surface area contributed by atoms with Gasteiger partial charge in [0.1, 0.15) is 5.82 Å². The molecule has 1 amide bonds.